The summed E-state index contributed by atoms with van der Waals surface area (Å²) in [5.41, 5.74) is 2.78. The molecule has 0 amide bonds. The average Bonchev–Trinajstić information content (AvgIpc) is 2.65. The van der Waals surface area contributed by atoms with E-state index < -0.39 is 0 Å². The minimum Gasteiger partial charge on any atom is -0.334 e. The lowest BCUT2D eigenvalue weighted by Crippen LogP contribution is -1.81. The van der Waals surface area contributed by atoms with E-state index in [4.69, 9.17) is 4.52 Å². The molecule has 0 saturated carbocycles. The molecule has 0 radical (unpaired) electrons. The predicted octanol–water partition coefficient (Wildman–Crippen LogP) is 1.17. The Balaban J connectivity index is 2.65. The van der Waals surface area contributed by atoms with Gasteiger partial charge in [0.05, 0.1) is 5.52 Å². The topological polar surface area (TPSA) is 64.7 Å². The monoisotopic (exact) mass is 172 g/mol. The van der Waals surface area contributed by atoms with E-state index in [2.05, 4.69) is 20.3 Å². The number of aromatic nitrogens is 4. The molecule has 0 unspecified atom stereocenters. The highest BCUT2D eigenvalue weighted by Gasteiger charge is 2.06. The summed E-state index contributed by atoms with van der Waals surface area (Å²) in [5, 5.41) is 7.24. The number of hydrogen-bond acceptors (Lipinski definition) is 5. The van der Waals surface area contributed by atoms with E-state index in [1.807, 2.05) is 12.1 Å². The van der Waals surface area contributed by atoms with E-state index in [1.165, 1.54) is 0 Å². The van der Waals surface area contributed by atoms with Crippen LogP contribution in [-0.2, 0) is 0 Å². The second-order valence-electron chi connectivity index (χ2n) is 2.61. The summed E-state index contributed by atoms with van der Waals surface area (Å²) >= 11 is 0. The Morgan fingerprint density at radius 1 is 1.00 bits per heavy atom. The van der Waals surface area contributed by atoms with E-state index in [0.29, 0.717) is 16.6 Å². The molecule has 62 valence electrons. The van der Waals surface area contributed by atoms with Gasteiger partial charge in [0.25, 0.3) is 0 Å². The molecule has 3 aromatic rings. The Labute approximate surface area is 72.4 Å². The molecule has 0 spiro atoms. The molecular formula is C8H4N4O. The zero-order chi connectivity index (χ0) is 8.67. The maximum Gasteiger partial charge on any atom is 0.215 e. The molecule has 0 aliphatic carbocycles. The van der Waals surface area contributed by atoms with Crippen molar-refractivity contribution in [3.63, 3.8) is 0 Å². The Morgan fingerprint density at radius 2 is 1.85 bits per heavy atom. The smallest absolute Gasteiger partial charge is 0.215 e. The Kier molecular flexibility index (Phi) is 1.11. The van der Waals surface area contributed by atoms with Crippen molar-refractivity contribution in [2.75, 3.05) is 0 Å². The zero-order valence-corrected chi connectivity index (χ0v) is 6.51. The molecule has 5 heteroatoms. The van der Waals surface area contributed by atoms with Crippen molar-refractivity contribution in [3.05, 3.63) is 24.5 Å². The summed E-state index contributed by atoms with van der Waals surface area (Å²) in [6.07, 6.45) is 3.25. The minimum atomic E-state index is 0.589. The SMILES string of the molecule is c1cnc2c(ccc3nnoc32)n1. The van der Waals surface area contributed by atoms with E-state index in [0.717, 1.165) is 5.52 Å². The van der Waals surface area contributed by atoms with Crippen molar-refractivity contribution in [2.45, 2.75) is 0 Å². The maximum absolute atomic E-state index is 4.97. The van der Waals surface area contributed by atoms with Crippen LogP contribution in [0.2, 0.25) is 0 Å². The minimum absolute atomic E-state index is 0.589. The van der Waals surface area contributed by atoms with Crippen LogP contribution in [0.5, 0.6) is 0 Å². The summed E-state index contributed by atoms with van der Waals surface area (Å²) < 4.78 is 4.97. The van der Waals surface area contributed by atoms with Gasteiger partial charge in [-0.2, -0.15) is 0 Å². The summed E-state index contributed by atoms with van der Waals surface area (Å²) in [6, 6.07) is 3.65. The van der Waals surface area contributed by atoms with Crippen LogP contribution in [0.15, 0.2) is 29.0 Å². The molecule has 0 N–H and O–H groups in total. The number of fused-ring (bicyclic) bond motifs is 3. The van der Waals surface area contributed by atoms with Crippen LogP contribution in [0, 0.1) is 0 Å². The summed E-state index contributed by atoms with van der Waals surface area (Å²) in [4.78, 5) is 8.28. The van der Waals surface area contributed by atoms with Crippen LogP contribution in [-0.4, -0.2) is 20.3 Å². The molecule has 0 aliphatic rings. The molecule has 1 aromatic carbocycles. The Bertz CT molecular complexity index is 574. The second kappa shape index (κ2) is 2.22. The van der Waals surface area contributed by atoms with Gasteiger partial charge in [-0.05, 0) is 12.1 Å². The number of hydrogen-bond donors (Lipinski definition) is 0. The van der Waals surface area contributed by atoms with Crippen LogP contribution in [0.4, 0.5) is 0 Å². The van der Waals surface area contributed by atoms with Crippen molar-refractivity contribution >= 4 is 22.1 Å². The van der Waals surface area contributed by atoms with Gasteiger partial charge < -0.3 is 4.52 Å². The van der Waals surface area contributed by atoms with Crippen molar-refractivity contribution in [1.82, 2.24) is 20.3 Å². The van der Waals surface area contributed by atoms with Gasteiger partial charge in [-0.1, -0.05) is 0 Å². The van der Waals surface area contributed by atoms with E-state index in [1.54, 1.807) is 12.4 Å². The first-order valence-electron chi connectivity index (χ1n) is 3.77. The van der Waals surface area contributed by atoms with Gasteiger partial charge in [-0.25, -0.2) is 4.98 Å². The fourth-order valence-electron chi connectivity index (χ4n) is 1.27. The van der Waals surface area contributed by atoms with Crippen LogP contribution in [0.1, 0.15) is 0 Å². The normalized spacial score (nSPS) is 11.1. The molecule has 13 heavy (non-hydrogen) atoms. The van der Waals surface area contributed by atoms with Gasteiger partial charge in [-0.3, -0.25) is 4.98 Å². The van der Waals surface area contributed by atoms with Gasteiger partial charge in [0.2, 0.25) is 5.58 Å². The third kappa shape index (κ3) is 0.807. The quantitative estimate of drug-likeness (QED) is 0.509. The van der Waals surface area contributed by atoms with E-state index >= 15 is 0 Å². The molecule has 0 fully saturated rings. The molecule has 2 aromatic heterocycles. The number of rotatable bonds is 0. The molecule has 5 nitrogen and oxygen atoms in total. The van der Waals surface area contributed by atoms with Crippen LogP contribution in [0.25, 0.3) is 22.1 Å². The van der Waals surface area contributed by atoms with Gasteiger partial charge in [0.1, 0.15) is 11.0 Å². The summed E-state index contributed by atoms with van der Waals surface area (Å²) in [5.74, 6) is 0. The van der Waals surface area contributed by atoms with Gasteiger partial charge in [0.15, 0.2) is 0 Å². The predicted molar refractivity (Wildman–Crippen MR) is 44.9 cm³/mol. The lowest BCUT2D eigenvalue weighted by molar-refractivity contribution is 0.425. The first-order valence-corrected chi connectivity index (χ1v) is 3.77. The maximum atomic E-state index is 4.97. The Morgan fingerprint density at radius 3 is 2.85 bits per heavy atom. The first kappa shape index (κ1) is 6.47. The van der Waals surface area contributed by atoms with Crippen molar-refractivity contribution in [3.8, 4) is 0 Å². The van der Waals surface area contributed by atoms with E-state index in [-0.39, 0.29) is 0 Å². The van der Waals surface area contributed by atoms with Crippen molar-refractivity contribution in [2.24, 2.45) is 0 Å². The largest absolute Gasteiger partial charge is 0.334 e. The number of benzene rings is 1. The van der Waals surface area contributed by atoms with E-state index in [9.17, 15) is 0 Å². The molecular weight excluding hydrogens is 168 g/mol. The molecule has 0 saturated heterocycles. The fourth-order valence-corrected chi connectivity index (χ4v) is 1.27. The van der Waals surface area contributed by atoms with Crippen LogP contribution >= 0.6 is 0 Å². The van der Waals surface area contributed by atoms with Gasteiger partial charge in [-0.15, -0.1) is 5.10 Å². The average molecular weight is 172 g/mol. The first-order chi connectivity index (χ1) is 6.45. The molecule has 3 rings (SSSR count). The fraction of sp³-hybridized carbons (Fsp3) is 0. The summed E-state index contributed by atoms with van der Waals surface area (Å²) in [6.45, 7) is 0. The Hall–Kier alpha value is -2.04. The van der Waals surface area contributed by atoms with Crippen LogP contribution < -0.4 is 0 Å². The highest BCUT2D eigenvalue weighted by atomic mass is 16.5. The van der Waals surface area contributed by atoms with Crippen molar-refractivity contribution in [1.29, 1.82) is 0 Å². The standard InChI is InChI=1S/C8H4N4O/c1-2-6-8(13-12-11-6)7-5(1)9-3-4-10-7/h1-4H. The molecule has 0 aliphatic heterocycles. The lowest BCUT2D eigenvalue weighted by Gasteiger charge is -1.92. The van der Waals surface area contributed by atoms with Gasteiger partial charge >= 0.3 is 0 Å². The van der Waals surface area contributed by atoms with Gasteiger partial charge in [0, 0.05) is 17.7 Å². The molecule has 0 bridgehead atoms. The highest BCUT2D eigenvalue weighted by Crippen LogP contribution is 2.19. The van der Waals surface area contributed by atoms with Crippen molar-refractivity contribution < 1.29 is 4.52 Å². The molecule has 2 heterocycles. The number of nitrogens with zero attached hydrogens (tertiary/aromatic N) is 4. The summed E-state index contributed by atoms with van der Waals surface area (Å²) in [7, 11) is 0. The third-order valence-electron chi connectivity index (χ3n) is 1.85. The molecule has 0 atom stereocenters. The third-order valence-corrected chi connectivity index (χ3v) is 1.85. The highest BCUT2D eigenvalue weighted by molar-refractivity contribution is 5.97. The second-order valence-corrected chi connectivity index (χ2v) is 2.61. The lowest BCUT2D eigenvalue weighted by atomic mass is 10.3. The van der Waals surface area contributed by atoms with Crippen LogP contribution in [0.3, 0.4) is 0 Å². The zero-order valence-electron chi connectivity index (χ0n) is 6.51.